The number of hydrazine groups is 1. The van der Waals surface area contributed by atoms with Gasteiger partial charge in [-0.25, -0.2) is 9.80 Å². The number of amides is 2. The molecule has 0 atom stereocenters. The zero-order valence-corrected chi connectivity index (χ0v) is 18.2. The van der Waals surface area contributed by atoms with E-state index >= 15 is 0 Å². The fraction of sp³-hybridized carbons (Fsp3) is 0.261. The normalized spacial score (nSPS) is 14.5. The monoisotopic (exact) mass is 440 g/mol. The molecule has 2 amide bonds. The van der Waals surface area contributed by atoms with E-state index in [4.69, 9.17) is 18.9 Å². The van der Waals surface area contributed by atoms with Crippen LogP contribution in [0.2, 0.25) is 0 Å². The summed E-state index contributed by atoms with van der Waals surface area (Å²) in [5, 5.41) is 1.18. The van der Waals surface area contributed by atoms with E-state index in [9.17, 15) is 14.4 Å². The van der Waals surface area contributed by atoms with Crippen LogP contribution in [0.25, 0.3) is 6.08 Å². The lowest BCUT2D eigenvalue weighted by Crippen LogP contribution is -2.35. The lowest BCUT2D eigenvalue weighted by Gasteiger charge is -2.16. The van der Waals surface area contributed by atoms with Crippen LogP contribution < -0.4 is 24.6 Å². The van der Waals surface area contributed by atoms with Crippen LogP contribution in [-0.4, -0.2) is 44.7 Å². The van der Waals surface area contributed by atoms with Crippen molar-refractivity contribution in [1.29, 1.82) is 0 Å². The Morgan fingerprint density at radius 2 is 1.69 bits per heavy atom. The minimum Gasteiger partial charge on any atom is -0.493 e. The number of carbonyl (C=O) groups excluding carboxylic acids is 3. The number of carbonyl (C=O) groups is 3. The number of rotatable bonds is 8. The molecule has 1 heterocycles. The quantitative estimate of drug-likeness (QED) is 0.382. The summed E-state index contributed by atoms with van der Waals surface area (Å²) in [6.07, 6.45) is 1.16. The molecule has 0 spiro atoms. The van der Waals surface area contributed by atoms with Gasteiger partial charge in [0.15, 0.2) is 18.1 Å². The van der Waals surface area contributed by atoms with Gasteiger partial charge < -0.3 is 18.9 Å². The van der Waals surface area contributed by atoms with E-state index in [1.165, 1.54) is 25.3 Å². The molecule has 0 aliphatic carbocycles. The second kappa shape index (κ2) is 9.86. The van der Waals surface area contributed by atoms with Crippen LogP contribution in [0.5, 0.6) is 17.2 Å². The maximum atomic E-state index is 12.8. The number of para-hydroxylation sites is 1. The summed E-state index contributed by atoms with van der Waals surface area (Å²) in [4.78, 5) is 37.0. The number of benzene rings is 2. The van der Waals surface area contributed by atoms with Crippen LogP contribution in [0.15, 0.2) is 48.0 Å². The molecule has 32 heavy (non-hydrogen) atoms. The zero-order chi connectivity index (χ0) is 23.3. The van der Waals surface area contributed by atoms with Crippen molar-refractivity contribution in [3.63, 3.8) is 0 Å². The van der Waals surface area contributed by atoms with Gasteiger partial charge in [-0.2, -0.15) is 0 Å². The molecule has 1 fully saturated rings. The van der Waals surface area contributed by atoms with Crippen molar-refractivity contribution in [2.24, 2.45) is 0 Å². The van der Waals surface area contributed by atoms with Gasteiger partial charge in [0.2, 0.25) is 5.75 Å². The molecule has 168 valence electrons. The molecule has 0 bridgehead atoms. The molecule has 0 unspecified atom stereocenters. The average molecular weight is 440 g/mol. The molecule has 9 heteroatoms. The highest BCUT2D eigenvalue weighted by Crippen LogP contribution is 2.39. The number of hydrogen-bond acceptors (Lipinski definition) is 7. The van der Waals surface area contributed by atoms with E-state index in [2.05, 4.69) is 5.43 Å². The van der Waals surface area contributed by atoms with E-state index in [1.807, 2.05) is 6.07 Å². The molecule has 0 aromatic heterocycles. The third-order valence-corrected chi connectivity index (χ3v) is 4.40. The van der Waals surface area contributed by atoms with Crippen LogP contribution in [0.1, 0.15) is 19.4 Å². The largest absolute Gasteiger partial charge is 0.493 e. The molecule has 1 aliphatic heterocycles. The van der Waals surface area contributed by atoms with Gasteiger partial charge in [0, 0.05) is 0 Å². The predicted octanol–water partition coefficient (Wildman–Crippen LogP) is 2.50. The highest BCUT2D eigenvalue weighted by Gasteiger charge is 2.34. The minimum atomic E-state index is -0.537. The molecule has 1 N–H and O–H groups in total. The number of methoxy groups -OCH3 is 2. The van der Waals surface area contributed by atoms with Crippen molar-refractivity contribution in [1.82, 2.24) is 5.43 Å². The lowest BCUT2D eigenvalue weighted by molar-refractivity contribution is -0.149. The Balaban J connectivity index is 1.88. The van der Waals surface area contributed by atoms with E-state index in [0.29, 0.717) is 11.3 Å². The fourth-order valence-electron chi connectivity index (χ4n) is 3.04. The number of anilines is 1. The summed E-state index contributed by atoms with van der Waals surface area (Å²) < 4.78 is 21.4. The van der Waals surface area contributed by atoms with Gasteiger partial charge in [0.1, 0.15) is 5.57 Å². The number of hydrogen-bond donors (Lipinski definition) is 1. The third-order valence-electron chi connectivity index (χ3n) is 4.40. The van der Waals surface area contributed by atoms with Crippen molar-refractivity contribution in [2.45, 2.75) is 20.0 Å². The summed E-state index contributed by atoms with van der Waals surface area (Å²) >= 11 is 0. The highest BCUT2D eigenvalue weighted by molar-refractivity contribution is 6.31. The van der Waals surface area contributed by atoms with Crippen molar-refractivity contribution in [2.75, 3.05) is 25.8 Å². The fourth-order valence-corrected chi connectivity index (χ4v) is 3.04. The van der Waals surface area contributed by atoms with E-state index in [-0.39, 0.29) is 35.5 Å². The molecule has 0 saturated carbocycles. The van der Waals surface area contributed by atoms with E-state index in [0.717, 1.165) is 0 Å². The number of esters is 1. The standard InChI is InChI=1S/C23H24N2O7/c1-14(2)32-20(26)13-31-21-18(29-3)11-15(12-19(21)30-4)10-17-22(27)24-25(23(17)28)16-8-6-5-7-9-16/h5-12,14H,13H2,1-4H3,(H,24,27). The molecule has 1 aliphatic rings. The molecule has 2 aromatic rings. The molecule has 2 aromatic carbocycles. The highest BCUT2D eigenvalue weighted by atomic mass is 16.6. The Morgan fingerprint density at radius 3 is 2.25 bits per heavy atom. The van der Waals surface area contributed by atoms with E-state index in [1.54, 1.807) is 50.2 Å². The maximum absolute atomic E-state index is 12.8. The molecule has 1 saturated heterocycles. The molecular formula is C23H24N2O7. The smallest absolute Gasteiger partial charge is 0.344 e. The second-order valence-electron chi connectivity index (χ2n) is 7.06. The predicted molar refractivity (Wildman–Crippen MR) is 116 cm³/mol. The molecular weight excluding hydrogens is 416 g/mol. The second-order valence-corrected chi connectivity index (χ2v) is 7.06. The van der Waals surface area contributed by atoms with Crippen LogP contribution in [0.4, 0.5) is 5.69 Å². The van der Waals surface area contributed by atoms with Crippen molar-refractivity contribution < 1.29 is 33.3 Å². The number of nitrogens with zero attached hydrogens (tertiary/aromatic N) is 1. The van der Waals surface area contributed by atoms with Gasteiger partial charge >= 0.3 is 5.97 Å². The van der Waals surface area contributed by atoms with Gasteiger partial charge in [0.25, 0.3) is 11.8 Å². The SMILES string of the molecule is COc1cc(C=C2C(=O)NN(c3ccccc3)C2=O)cc(OC)c1OCC(=O)OC(C)C. The summed E-state index contributed by atoms with van der Waals surface area (Å²) in [6, 6.07) is 11.9. The Labute approximate surface area is 185 Å². The lowest BCUT2D eigenvalue weighted by atomic mass is 10.1. The first-order chi connectivity index (χ1) is 15.3. The van der Waals surface area contributed by atoms with Crippen LogP contribution >= 0.6 is 0 Å². The van der Waals surface area contributed by atoms with Crippen molar-refractivity contribution >= 4 is 29.5 Å². The van der Waals surface area contributed by atoms with Crippen LogP contribution in [0, 0.1) is 0 Å². The summed E-state index contributed by atoms with van der Waals surface area (Å²) in [5.41, 5.74) is 3.52. The molecule has 0 radical (unpaired) electrons. The van der Waals surface area contributed by atoms with Gasteiger partial charge in [-0.1, -0.05) is 18.2 Å². The zero-order valence-electron chi connectivity index (χ0n) is 18.2. The first kappa shape index (κ1) is 22.7. The van der Waals surface area contributed by atoms with Gasteiger partial charge in [0.05, 0.1) is 26.0 Å². The first-order valence-electron chi connectivity index (χ1n) is 9.84. The van der Waals surface area contributed by atoms with Crippen LogP contribution in [0.3, 0.4) is 0 Å². The Morgan fingerprint density at radius 1 is 1.06 bits per heavy atom. The summed E-state index contributed by atoms with van der Waals surface area (Å²) in [6.45, 7) is 3.14. The number of nitrogens with one attached hydrogen (secondary N) is 1. The minimum absolute atomic E-state index is 0.0489. The summed E-state index contributed by atoms with van der Waals surface area (Å²) in [7, 11) is 2.85. The van der Waals surface area contributed by atoms with E-state index < -0.39 is 17.8 Å². The van der Waals surface area contributed by atoms with Gasteiger partial charge in [-0.15, -0.1) is 0 Å². The average Bonchev–Trinajstić information content (AvgIpc) is 3.05. The maximum Gasteiger partial charge on any atom is 0.344 e. The molecule has 9 nitrogen and oxygen atoms in total. The Hall–Kier alpha value is -4.01. The summed E-state index contributed by atoms with van der Waals surface area (Å²) in [5.74, 6) is -0.835. The topological polar surface area (TPSA) is 103 Å². The third kappa shape index (κ3) is 5.00. The van der Waals surface area contributed by atoms with Crippen molar-refractivity contribution in [3.8, 4) is 17.2 Å². The van der Waals surface area contributed by atoms with Gasteiger partial charge in [-0.05, 0) is 49.8 Å². The molecule has 3 rings (SSSR count). The van der Waals surface area contributed by atoms with Gasteiger partial charge in [-0.3, -0.25) is 15.0 Å². The Bertz CT molecular complexity index is 1020. The Kier molecular flexibility index (Phi) is 6.99. The van der Waals surface area contributed by atoms with Crippen molar-refractivity contribution in [3.05, 3.63) is 53.6 Å². The first-order valence-corrected chi connectivity index (χ1v) is 9.84. The number of ether oxygens (including phenoxy) is 4. The van der Waals surface area contributed by atoms with Crippen LogP contribution in [-0.2, 0) is 19.1 Å².